The van der Waals surface area contributed by atoms with Crippen molar-refractivity contribution in [2.75, 3.05) is 25.0 Å². The molecule has 0 saturated heterocycles. The van der Waals surface area contributed by atoms with Gasteiger partial charge in [0.15, 0.2) is 0 Å². The van der Waals surface area contributed by atoms with Crippen LogP contribution in [0.3, 0.4) is 0 Å². The van der Waals surface area contributed by atoms with E-state index in [9.17, 15) is 4.79 Å². The molecule has 4 heteroatoms. The van der Waals surface area contributed by atoms with E-state index in [1.165, 1.54) is 31.3 Å². The Bertz CT molecular complexity index is 552. The summed E-state index contributed by atoms with van der Waals surface area (Å²) in [7, 11) is 0. The highest BCUT2D eigenvalue weighted by Crippen LogP contribution is 2.24. The maximum Gasteiger partial charge on any atom is 0.238 e. The highest BCUT2D eigenvalue weighted by Gasteiger charge is 2.08. The maximum atomic E-state index is 12.1. The van der Waals surface area contributed by atoms with Crippen LogP contribution in [0.4, 0.5) is 5.69 Å². The largest absolute Gasteiger partial charge is 0.491 e. The van der Waals surface area contributed by atoms with E-state index in [4.69, 9.17) is 4.74 Å². The topological polar surface area (TPSA) is 50.4 Å². The molecule has 2 rings (SSSR count). The van der Waals surface area contributed by atoms with E-state index in [1.54, 1.807) is 0 Å². The summed E-state index contributed by atoms with van der Waals surface area (Å²) in [5, 5.41) is 6.16. The van der Waals surface area contributed by atoms with Gasteiger partial charge in [0, 0.05) is 0 Å². The number of amides is 1. The number of carbonyl (C=O) groups excluding carboxylic acids is 1. The first-order valence-corrected chi connectivity index (χ1v) is 9.05. The fourth-order valence-corrected chi connectivity index (χ4v) is 2.73. The van der Waals surface area contributed by atoms with Crippen molar-refractivity contribution in [3.05, 3.63) is 35.9 Å². The molecule has 0 atom stereocenters. The predicted molar refractivity (Wildman–Crippen MR) is 99.4 cm³/mol. The first-order chi connectivity index (χ1) is 11.6. The molecule has 0 bridgehead atoms. The van der Waals surface area contributed by atoms with Crippen molar-refractivity contribution in [1.82, 2.24) is 5.32 Å². The molecule has 4 nitrogen and oxygen atoms in total. The Labute approximate surface area is 145 Å². The third-order valence-corrected chi connectivity index (χ3v) is 4.03. The number of allylic oxidation sites excluding steroid dienone is 1. The Morgan fingerprint density at radius 2 is 2.08 bits per heavy atom. The van der Waals surface area contributed by atoms with Crippen molar-refractivity contribution in [1.29, 1.82) is 0 Å². The van der Waals surface area contributed by atoms with Crippen molar-refractivity contribution in [2.24, 2.45) is 5.92 Å². The molecule has 0 fully saturated rings. The van der Waals surface area contributed by atoms with Crippen molar-refractivity contribution in [2.45, 2.75) is 46.0 Å². The van der Waals surface area contributed by atoms with Crippen LogP contribution in [0.5, 0.6) is 5.75 Å². The van der Waals surface area contributed by atoms with Crippen LogP contribution in [0.1, 0.15) is 46.0 Å². The van der Waals surface area contributed by atoms with Crippen LogP contribution >= 0.6 is 0 Å². The molecular weight excluding hydrogens is 300 g/mol. The number of ether oxygens (including phenoxy) is 1. The molecule has 2 N–H and O–H groups in total. The molecule has 0 unspecified atom stereocenters. The Balaban J connectivity index is 1.72. The molecule has 0 aromatic heterocycles. The minimum Gasteiger partial charge on any atom is -0.491 e. The van der Waals surface area contributed by atoms with E-state index in [-0.39, 0.29) is 5.91 Å². The van der Waals surface area contributed by atoms with E-state index in [1.807, 2.05) is 24.3 Å². The van der Waals surface area contributed by atoms with Crippen LogP contribution in [0.25, 0.3) is 0 Å². The van der Waals surface area contributed by atoms with Crippen LogP contribution in [-0.2, 0) is 4.79 Å². The van der Waals surface area contributed by atoms with Crippen molar-refractivity contribution in [3.8, 4) is 5.75 Å². The number of hydrogen-bond donors (Lipinski definition) is 2. The van der Waals surface area contributed by atoms with Crippen LogP contribution in [0.15, 0.2) is 35.9 Å². The smallest absolute Gasteiger partial charge is 0.238 e. The summed E-state index contributed by atoms with van der Waals surface area (Å²) in [5.41, 5.74) is 2.27. The molecule has 0 radical (unpaired) electrons. The summed E-state index contributed by atoms with van der Waals surface area (Å²) in [6.07, 6.45) is 8.45. The summed E-state index contributed by atoms with van der Waals surface area (Å²) < 4.78 is 5.76. The summed E-state index contributed by atoms with van der Waals surface area (Å²) >= 11 is 0. The lowest BCUT2D eigenvalue weighted by atomic mass is 9.97. The zero-order chi connectivity index (χ0) is 17.2. The highest BCUT2D eigenvalue weighted by atomic mass is 16.5. The van der Waals surface area contributed by atoms with Gasteiger partial charge in [-0.15, -0.1) is 0 Å². The third kappa shape index (κ3) is 6.75. The van der Waals surface area contributed by atoms with Crippen molar-refractivity contribution >= 4 is 11.6 Å². The first-order valence-electron chi connectivity index (χ1n) is 9.05. The molecule has 132 valence electrons. The second kappa shape index (κ2) is 10.1. The van der Waals surface area contributed by atoms with Crippen molar-refractivity contribution < 1.29 is 9.53 Å². The van der Waals surface area contributed by atoms with Crippen LogP contribution in [0.2, 0.25) is 0 Å². The fraction of sp³-hybridized carbons (Fsp3) is 0.550. The van der Waals surface area contributed by atoms with Crippen LogP contribution in [0, 0.1) is 5.92 Å². The molecule has 0 heterocycles. The molecule has 24 heavy (non-hydrogen) atoms. The molecular formula is C20H30N2O2. The number of benzene rings is 1. The van der Waals surface area contributed by atoms with Crippen LogP contribution in [-0.4, -0.2) is 25.6 Å². The molecule has 1 aromatic carbocycles. The lowest BCUT2D eigenvalue weighted by molar-refractivity contribution is -0.115. The maximum absolute atomic E-state index is 12.1. The summed E-state index contributed by atoms with van der Waals surface area (Å²) in [6, 6.07) is 7.59. The van der Waals surface area contributed by atoms with E-state index < -0.39 is 0 Å². The van der Waals surface area contributed by atoms with E-state index in [2.05, 4.69) is 30.6 Å². The molecule has 1 amide bonds. The lowest BCUT2D eigenvalue weighted by Crippen LogP contribution is -2.29. The normalized spacial score (nSPS) is 14.4. The summed E-state index contributed by atoms with van der Waals surface area (Å²) in [4.78, 5) is 12.1. The van der Waals surface area contributed by atoms with E-state index in [0.717, 1.165) is 24.4 Å². The SMILES string of the molecule is CC(C)COc1ccccc1NC(=O)CNCCC1=CCCCC1. The number of rotatable bonds is 9. The second-order valence-corrected chi connectivity index (χ2v) is 6.78. The highest BCUT2D eigenvalue weighted by molar-refractivity contribution is 5.93. The van der Waals surface area contributed by atoms with Gasteiger partial charge in [0.2, 0.25) is 5.91 Å². The number of nitrogens with one attached hydrogen (secondary N) is 2. The van der Waals surface area contributed by atoms with Crippen molar-refractivity contribution in [3.63, 3.8) is 0 Å². The standard InChI is InChI=1S/C20H30N2O2/c1-16(2)15-24-19-11-7-6-10-18(19)22-20(23)14-21-13-12-17-8-4-3-5-9-17/h6-8,10-11,16,21H,3-5,9,12-15H2,1-2H3,(H,22,23). The number of anilines is 1. The number of carbonyl (C=O) groups is 1. The minimum atomic E-state index is -0.0341. The molecule has 0 saturated carbocycles. The average molecular weight is 330 g/mol. The van der Waals surface area contributed by atoms with Gasteiger partial charge in [-0.2, -0.15) is 0 Å². The Morgan fingerprint density at radius 3 is 2.83 bits per heavy atom. The van der Waals surface area contributed by atoms with Gasteiger partial charge >= 0.3 is 0 Å². The molecule has 0 aliphatic heterocycles. The van der Waals surface area contributed by atoms with Gasteiger partial charge in [-0.25, -0.2) is 0 Å². The number of hydrogen-bond acceptors (Lipinski definition) is 3. The molecule has 1 aliphatic rings. The summed E-state index contributed by atoms with van der Waals surface area (Å²) in [5.74, 6) is 1.14. The third-order valence-electron chi connectivity index (χ3n) is 4.03. The fourth-order valence-electron chi connectivity index (χ4n) is 2.73. The zero-order valence-electron chi connectivity index (χ0n) is 14.9. The molecule has 0 spiro atoms. The first kappa shape index (κ1) is 18.5. The quantitative estimate of drug-likeness (QED) is 0.528. The van der Waals surface area contributed by atoms with Gasteiger partial charge < -0.3 is 15.4 Å². The molecule has 1 aliphatic carbocycles. The van der Waals surface area contributed by atoms with E-state index >= 15 is 0 Å². The van der Waals surface area contributed by atoms with Gasteiger partial charge in [0.1, 0.15) is 5.75 Å². The Morgan fingerprint density at radius 1 is 1.25 bits per heavy atom. The Kier molecular flexibility index (Phi) is 7.83. The average Bonchev–Trinajstić information content (AvgIpc) is 2.59. The van der Waals surface area contributed by atoms with E-state index in [0.29, 0.717) is 19.1 Å². The van der Waals surface area contributed by atoms with Gasteiger partial charge in [-0.3, -0.25) is 4.79 Å². The summed E-state index contributed by atoms with van der Waals surface area (Å²) in [6.45, 7) is 6.02. The van der Waals surface area contributed by atoms with Crippen LogP contribution < -0.4 is 15.4 Å². The van der Waals surface area contributed by atoms with Gasteiger partial charge in [0.25, 0.3) is 0 Å². The van der Waals surface area contributed by atoms with Gasteiger partial charge in [-0.05, 0) is 56.7 Å². The zero-order valence-corrected chi connectivity index (χ0v) is 14.9. The monoisotopic (exact) mass is 330 g/mol. The molecule has 1 aromatic rings. The number of para-hydroxylation sites is 2. The van der Waals surface area contributed by atoms with Gasteiger partial charge in [0.05, 0.1) is 18.8 Å². The second-order valence-electron chi connectivity index (χ2n) is 6.78. The predicted octanol–water partition coefficient (Wildman–Crippen LogP) is 4.14. The lowest BCUT2D eigenvalue weighted by Gasteiger charge is -2.15. The Hall–Kier alpha value is -1.81. The van der Waals surface area contributed by atoms with Gasteiger partial charge in [-0.1, -0.05) is 37.6 Å². The minimum absolute atomic E-state index is 0.0341.